The van der Waals surface area contributed by atoms with Gasteiger partial charge >= 0.3 is 0 Å². The van der Waals surface area contributed by atoms with Crippen molar-refractivity contribution >= 4 is 38.0 Å². The van der Waals surface area contributed by atoms with Gasteiger partial charge in [-0.1, -0.05) is 103 Å². The van der Waals surface area contributed by atoms with Crippen molar-refractivity contribution in [3.05, 3.63) is 134 Å². The van der Waals surface area contributed by atoms with Gasteiger partial charge in [-0.2, -0.15) is 0 Å². The van der Waals surface area contributed by atoms with E-state index in [0.717, 1.165) is 16.9 Å². The van der Waals surface area contributed by atoms with E-state index in [4.69, 9.17) is 4.98 Å². The van der Waals surface area contributed by atoms with Crippen LogP contribution in [0.4, 0.5) is 0 Å². The molecular weight excluding hydrogens is 448 g/mol. The Kier molecular flexibility index (Phi) is 4.26. The molecule has 37 heavy (non-hydrogen) atoms. The van der Waals surface area contributed by atoms with E-state index in [1.54, 1.807) is 0 Å². The van der Waals surface area contributed by atoms with Gasteiger partial charge in [0.15, 0.2) is 0 Å². The first-order chi connectivity index (χ1) is 18.3. The van der Waals surface area contributed by atoms with Gasteiger partial charge in [-0.3, -0.25) is 0 Å². The normalized spacial score (nSPS) is 11.8. The number of fused-ring (bicyclic) bond motifs is 1. The van der Waals surface area contributed by atoms with Crippen molar-refractivity contribution in [3.63, 3.8) is 0 Å². The van der Waals surface area contributed by atoms with Crippen LogP contribution in [0.2, 0.25) is 0 Å². The van der Waals surface area contributed by atoms with E-state index in [1.165, 1.54) is 54.6 Å². The summed E-state index contributed by atoms with van der Waals surface area (Å²) >= 11 is 0. The highest BCUT2D eigenvalue weighted by atomic mass is 15.0. The topological polar surface area (TPSA) is 17.3 Å². The lowest BCUT2D eigenvalue weighted by atomic mass is 9.86. The number of aromatic nitrogens is 2. The number of benzene rings is 6. The number of rotatable bonds is 3. The third kappa shape index (κ3) is 3.09. The second-order valence-electron chi connectivity index (χ2n) is 9.69. The number of nitrogens with zero attached hydrogens (tertiary/aromatic N) is 2. The Morgan fingerprint density at radius 2 is 1.16 bits per heavy atom. The summed E-state index contributed by atoms with van der Waals surface area (Å²) in [5.41, 5.74) is 8.01. The van der Waals surface area contributed by atoms with Crippen molar-refractivity contribution in [3.8, 4) is 33.5 Å². The molecule has 0 N–H and O–H groups in total. The second-order valence-corrected chi connectivity index (χ2v) is 9.69. The Bertz CT molecular complexity index is 2020. The zero-order valence-electron chi connectivity index (χ0n) is 20.1. The van der Waals surface area contributed by atoms with E-state index in [9.17, 15) is 0 Å². The van der Waals surface area contributed by atoms with Gasteiger partial charge in [0.2, 0.25) is 0 Å². The summed E-state index contributed by atoms with van der Waals surface area (Å²) in [7, 11) is 0. The second kappa shape index (κ2) is 7.78. The number of hydrogen-bond acceptors (Lipinski definition) is 1. The van der Waals surface area contributed by atoms with Gasteiger partial charge in [0.25, 0.3) is 0 Å². The average Bonchev–Trinajstić information content (AvgIpc) is 3.40. The van der Waals surface area contributed by atoms with E-state index >= 15 is 0 Å². The fourth-order valence-electron chi connectivity index (χ4n) is 5.82. The van der Waals surface area contributed by atoms with E-state index in [2.05, 4.69) is 126 Å². The maximum Gasteiger partial charge on any atom is 0.137 e. The summed E-state index contributed by atoms with van der Waals surface area (Å²) in [6, 6.07) is 43.6. The van der Waals surface area contributed by atoms with Crippen molar-refractivity contribution in [1.82, 2.24) is 9.38 Å². The van der Waals surface area contributed by atoms with Gasteiger partial charge in [0.1, 0.15) is 5.65 Å². The molecule has 6 aromatic carbocycles. The molecule has 2 nitrogen and oxygen atoms in total. The summed E-state index contributed by atoms with van der Waals surface area (Å²) in [6.45, 7) is 0. The molecule has 0 amide bonds. The summed E-state index contributed by atoms with van der Waals surface area (Å²) < 4.78 is 2.10. The van der Waals surface area contributed by atoms with Gasteiger partial charge < -0.3 is 4.40 Å². The molecule has 0 saturated carbocycles. The van der Waals surface area contributed by atoms with Crippen LogP contribution >= 0.6 is 0 Å². The molecule has 2 heteroatoms. The summed E-state index contributed by atoms with van der Waals surface area (Å²) in [5.74, 6) is 0. The van der Waals surface area contributed by atoms with Crippen LogP contribution in [-0.4, -0.2) is 9.38 Å². The van der Waals surface area contributed by atoms with Crippen LogP contribution in [0.15, 0.2) is 134 Å². The van der Waals surface area contributed by atoms with Crippen LogP contribution in [-0.2, 0) is 0 Å². The van der Waals surface area contributed by atoms with Gasteiger partial charge in [-0.15, -0.1) is 0 Å². The largest absolute Gasteiger partial charge is 0.306 e. The summed E-state index contributed by atoms with van der Waals surface area (Å²) in [5, 5.41) is 7.70. The summed E-state index contributed by atoms with van der Waals surface area (Å²) in [4.78, 5) is 5.02. The van der Waals surface area contributed by atoms with E-state index < -0.39 is 0 Å². The zero-order valence-corrected chi connectivity index (χ0v) is 20.1. The predicted octanol–water partition coefficient (Wildman–Crippen LogP) is 9.23. The van der Waals surface area contributed by atoms with Crippen molar-refractivity contribution in [2.75, 3.05) is 0 Å². The molecule has 0 radical (unpaired) electrons. The molecule has 0 spiro atoms. The highest BCUT2D eigenvalue weighted by Gasteiger charge is 2.18. The average molecular weight is 471 g/mol. The fourth-order valence-corrected chi connectivity index (χ4v) is 5.82. The molecule has 0 bridgehead atoms. The smallest absolute Gasteiger partial charge is 0.137 e. The first-order valence-electron chi connectivity index (χ1n) is 12.6. The molecule has 0 unspecified atom stereocenters. The molecule has 0 aliphatic carbocycles. The predicted molar refractivity (Wildman–Crippen MR) is 155 cm³/mol. The quantitative estimate of drug-likeness (QED) is 0.235. The molecule has 0 atom stereocenters. The van der Waals surface area contributed by atoms with Crippen LogP contribution in [0.3, 0.4) is 0 Å². The Morgan fingerprint density at radius 3 is 1.92 bits per heavy atom. The van der Waals surface area contributed by atoms with Crippen LogP contribution < -0.4 is 0 Å². The van der Waals surface area contributed by atoms with Crippen molar-refractivity contribution in [2.45, 2.75) is 0 Å². The molecular formula is C35H22N2. The minimum absolute atomic E-state index is 0.956. The maximum absolute atomic E-state index is 5.02. The number of pyridine rings is 1. The monoisotopic (exact) mass is 470 g/mol. The van der Waals surface area contributed by atoms with Gasteiger partial charge in [-0.25, -0.2) is 4.98 Å². The van der Waals surface area contributed by atoms with Crippen LogP contribution in [0.25, 0.3) is 71.5 Å². The minimum atomic E-state index is 0.956. The maximum atomic E-state index is 5.02. The minimum Gasteiger partial charge on any atom is -0.306 e. The van der Waals surface area contributed by atoms with Gasteiger partial charge in [0.05, 0.1) is 5.69 Å². The zero-order chi connectivity index (χ0) is 24.3. The first-order valence-corrected chi connectivity index (χ1v) is 12.6. The van der Waals surface area contributed by atoms with Gasteiger partial charge in [0, 0.05) is 18.0 Å². The van der Waals surface area contributed by atoms with Crippen molar-refractivity contribution < 1.29 is 0 Å². The van der Waals surface area contributed by atoms with Crippen LogP contribution in [0.1, 0.15) is 0 Å². The third-order valence-corrected chi connectivity index (χ3v) is 7.59. The van der Waals surface area contributed by atoms with Crippen molar-refractivity contribution in [2.24, 2.45) is 0 Å². The van der Waals surface area contributed by atoms with Crippen LogP contribution in [0.5, 0.6) is 0 Å². The standard InChI is InChI=1S/C35H22N2/c1-2-7-23(8-3-1)24-12-14-25(15-13-24)30-21-31(32-22-37-20-5-4-11-33(37)36-32)29-19-17-27-10-6-9-26-16-18-28(30)35(29)34(26)27/h1-22H. The first kappa shape index (κ1) is 20.3. The molecule has 0 aliphatic heterocycles. The highest BCUT2D eigenvalue weighted by molar-refractivity contribution is 6.28. The van der Waals surface area contributed by atoms with Crippen LogP contribution in [0, 0.1) is 0 Å². The van der Waals surface area contributed by atoms with E-state index in [0.29, 0.717) is 0 Å². The molecule has 172 valence electrons. The van der Waals surface area contributed by atoms with E-state index in [1.807, 2.05) is 12.1 Å². The molecule has 2 aromatic heterocycles. The van der Waals surface area contributed by atoms with E-state index in [-0.39, 0.29) is 0 Å². The SMILES string of the molecule is c1ccc(-c2ccc(-c3cc(-c4cn5ccccc5n4)c4ccc5cccc6ccc3c4c65)cc2)cc1. The lowest BCUT2D eigenvalue weighted by Crippen LogP contribution is -1.91. The Morgan fingerprint density at radius 1 is 0.486 bits per heavy atom. The third-order valence-electron chi connectivity index (χ3n) is 7.59. The Balaban J connectivity index is 1.44. The lowest BCUT2D eigenvalue weighted by Gasteiger charge is -2.17. The lowest BCUT2D eigenvalue weighted by molar-refractivity contribution is 1.19. The van der Waals surface area contributed by atoms with Crippen molar-refractivity contribution in [1.29, 1.82) is 0 Å². The molecule has 0 aliphatic rings. The molecule has 8 aromatic rings. The Labute approximate surface area is 214 Å². The summed E-state index contributed by atoms with van der Waals surface area (Å²) in [6.07, 6.45) is 4.20. The molecule has 2 heterocycles. The molecule has 8 rings (SSSR count). The number of imidazole rings is 1. The fraction of sp³-hybridized carbons (Fsp3) is 0. The molecule has 0 fully saturated rings. The number of hydrogen-bond donors (Lipinski definition) is 0. The highest BCUT2D eigenvalue weighted by Crippen LogP contribution is 2.44. The molecule has 0 saturated heterocycles. The Hall–Kier alpha value is -4.95. The van der Waals surface area contributed by atoms with Gasteiger partial charge in [-0.05, 0) is 72.8 Å².